The molecule has 0 bridgehead atoms. The summed E-state index contributed by atoms with van der Waals surface area (Å²) >= 11 is 1.53. The lowest BCUT2D eigenvalue weighted by molar-refractivity contribution is 0.0935. The lowest BCUT2D eigenvalue weighted by Gasteiger charge is -2.13. The van der Waals surface area contributed by atoms with Gasteiger partial charge in [-0.15, -0.1) is 0 Å². The average Bonchev–Trinajstić information content (AvgIpc) is 2.24. The number of hydrogen-bond donors (Lipinski definition) is 2. The Morgan fingerprint density at radius 3 is 2.76 bits per heavy atom. The number of thioether (sulfide) groups is 1. The zero-order valence-electron chi connectivity index (χ0n) is 9.59. The zero-order chi connectivity index (χ0) is 13.0. The molecule has 0 aliphatic carbocycles. The number of halogens is 2. The standard InChI is InChI=1S/C11H14F2N2OS/c1-6(5-17-2)15-11(16)9-7(12)3-4-8(14)10(9)13/h3-4,6H,5,14H2,1-2H3,(H,15,16). The van der Waals surface area contributed by atoms with E-state index >= 15 is 0 Å². The van der Waals surface area contributed by atoms with Crippen LogP contribution >= 0.6 is 11.8 Å². The van der Waals surface area contributed by atoms with Gasteiger partial charge in [-0.1, -0.05) is 0 Å². The van der Waals surface area contributed by atoms with Crippen LogP contribution in [0.25, 0.3) is 0 Å². The lowest BCUT2D eigenvalue weighted by Crippen LogP contribution is -2.35. The topological polar surface area (TPSA) is 55.1 Å². The van der Waals surface area contributed by atoms with Crippen LogP contribution in [0, 0.1) is 11.6 Å². The highest BCUT2D eigenvalue weighted by molar-refractivity contribution is 7.98. The first-order valence-electron chi connectivity index (χ1n) is 5.00. The van der Waals surface area contributed by atoms with Gasteiger partial charge in [0.1, 0.15) is 11.4 Å². The first-order chi connectivity index (χ1) is 7.97. The van der Waals surface area contributed by atoms with Gasteiger partial charge in [0, 0.05) is 11.8 Å². The molecule has 0 saturated heterocycles. The summed E-state index contributed by atoms with van der Waals surface area (Å²) in [6.45, 7) is 1.76. The maximum atomic E-state index is 13.5. The molecule has 1 rings (SSSR count). The smallest absolute Gasteiger partial charge is 0.257 e. The third-order valence-electron chi connectivity index (χ3n) is 2.14. The van der Waals surface area contributed by atoms with Gasteiger partial charge in [-0.2, -0.15) is 11.8 Å². The van der Waals surface area contributed by atoms with Crippen LogP contribution in [0.1, 0.15) is 17.3 Å². The number of rotatable bonds is 4. The maximum Gasteiger partial charge on any atom is 0.257 e. The monoisotopic (exact) mass is 260 g/mol. The Bertz CT molecular complexity index is 426. The van der Waals surface area contributed by atoms with Crippen molar-refractivity contribution >= 4 is 23.4 Å². The maximum absolute atomic E-state index is 13.5. The second-order valence-electron chi connectivity index (χ2n) is 3.66. The molecule has 0 saturated carbocycles. The Hall–Kier alpha value is -1.30. The molecule has 0 spiro atoms. The number of carbonyl (C=O) groups is 1. The first-order valence-corrected chi connectivity index (χ1v) is 6.40. The van der Waals surface area contributed by atoms with E-state index in [9.17, 15) is 13.6 Å². The molecule has 1 aromatic rings. The second kappa shape index (κ2) is 5.86. The fourth-order valence-corrected chi connectivity index (χ4v) is 1.95. The van der Waals surface area contributed by atoms with E-state index in [4.69, 9.17) is 5.73 Å². The van der Waals surface area contributed by atoms with Crippen LogP contribution in [0.4, 0.5) is 14.5 Å². The van der Waals surface area contributed by atoms with E-state index in [1.165, 1.54) is 11.8 Å². The van der Waals surface area contributed by atoms with Gasteiger partial charge < -0.3 is 11.1 Å². The van der Waals surface area contributed by atoms with Crippen molar-refractivity contribution in [1.82, 2.24) is 5.32 Å². The minimum Gasteiger partial charge on any atom is -0.396 e. The highest BCUT2D eigenvalue weighted by Gasteiger charge is 2.20. The summed E-state index contributed by atoms with van der Waals surface area (Å²) in [4.78, 5) is 11.7. The van der Waals surface area contributed by atoms with E-state index < -0.39 is 23.1 Å². The van der Waals surface area contributed by atoms with Crippen LogP contribution in [0.5, 0.6) is 0 Å². The van der Waals surface area contributed by atoms with E-state index in [1.54, 1.807) is 6.92 Å². The number of benzene rings is 1. The van der Waals surface area contributed by atoms with Crippen LogP contribution in [-0.2, 0) is 0 Å². The molecule has 17 heavy (non-hydrogen) atoms. The number of nitrogens with two attached hydrogens (primary N) is 1. The minimum atomic E-state index is -1.01. The molecule has 1 atom stereocenters. The summed E-state index contributed by atoms with van der Waals surface area (Å²) in [6, 6.07) is 1.90. The number of nitrogens with one attached hydrogen (secondary N) is 1. The fraction of sp³-hybridized carbons (Fsp3) is 0.364. The third kappa shape index (κ3) is 3.33. The Morgan fingerprint density at radius 2 is 2.18 bits per heavy atom. The van der Waals surface area contributed by atoms with Gasteiger partial charge in [-0.05, 0) is 25.3 Å². The molecule has 0 aromatic heterocycles. The predicted molar refractivity (Wildman–Crippen MR) is 66.1 cm³/mol. The highest BCUT2D eigenvalue weighted by Crippen LogP contribution is 2.18. The lowest BCUT2D eigenvalue weighted by atomic mass is 10.1. The van der Waals surface area contributed by atoms with Crippen molar-refractivity contribution < 1.29 is 13.6 Å². The molecule has 1 unspecified atom stereocenters. The molecule has 1 aromatic carbocycles. The van der Waals surface area contributed by atoms with Crippen molar-refractivity contribution in [3.8, 4) is 0 Å². The Labute approximate surface area is 103 Å². The first kappa shape index (κ1) is 13.8. The van der Waals surface area contributed by atoms with E-state index in [0.29, 0.717) is 5.75 Å². The summed E-state index contributed by atoms with van der Waals surface area (Å²) < 4.78 is 26.9. The van der Waals surface area contributed by atoms with Crippen LogP contribution < -0.4 is 11.1 Å². The van der Waals surface area contributed by atoms with Crippen LogP contribution in [0.2, 0.25) is 0 Å². The van der Waals surface area contributed by atoms with Crippen molar-refractivity contribution in [3.05, 3.63) is 29.3 Å². The van der Waals surface area contributed by atoms with Crippen LogP contribution in [-0.4, -0.2) is 24.0 Å². The van der Waals surface area contributed by atoms with Crippen molar-refractivity contribution in [2.75, 3.05) is 17.7 Å². The van der Waals surface area contributed by atoms with Crippen LogP contribution in [0.15, 0.2) is 12.1 Å². The third-order valence-corrected chi connectivity index (χ3v) is 2.98. The van der Waals surface area contributed by atoms with Crippen molar-refractivity contribution in [3.63, 3.8) is 0 Å². The molecular weight excluding hydrogens is 246 g/mol. The molecule has 0 heterocycles. The number of nitrogen functional groups attached to an aromatic ring is 1. The molecular formula is C11H14F2N2OS. The normalized spacial score (nSPS) is 12.2. The molecule has 0 radical (unpaired) electrons. The summed E-state index contributed by atoms with van der Waals surface area (Å²) in [7, 11) is 0. The Morgan fingerprint density at radius 1 is 1.53 bits per heavy atom. The van der Waals surface area contributed by atoms with Gasteiger partial charge in [0.25, 0.3) is 5.91 Å². The Balaban J connectivity index is 2.93. The van der Waals surface area contributed by atoms with Crippen molar-refractivity contribution in [2.24, 2.45) is 0 Å². The van der Waals surface area contributed by atoms with Gasteiger partial charge in [0.05, 0.1) is 5.69 Å². The molecule has 3 nitrogen and oxygen atoms in total. The highest BCUT2D eigenvalue weighted by atomic mass is 32.2. The second-order valence-corrected chi connectivity index (χ2v) is 4.57. The zero-order valence-corrected chi connectivity index (χ0v) is 10.4. The molecule has 94 valence electrons. The van der Waals surface area contributed by atoms with E-state index in [-0.39, 0.29) is 11.7 Å². The van der Waals surface area contributed by atoms with Gasteiger partial charge in [-0.25, -0.2) is 8.78 Å². The largest absolute Gasteiger partial charge is 0.396 e. The van der Waals surface area contributed by atoms with Gasteiger partial charge in [0.15, 0.2) is 5.82 Å². The number of anilines is 1. The Kier molecular flexibility index (Phi) is 4.74. The van der Waals surface area contributed by atoms with E-state index in [0.717, 1.165) is 12.1 Å². The number of carbonyl (C=O) groups excluding carboxylic acids is 1. The predicted octanol–water partition coefficient (Wildman–Crippen LogP) is 2.03. The SMILES string of the molecule is CSCC(C)NC(=O)c1c(F)ccc(N)c1F. The average molecular weight is 260 g/mol. The fourth-order valence-electron chi connectivity index (χ4n) is 1.36. The van der Waals surface area contributed by atoms with Crippen LogP contribution in [0.3, 0.4) is 0 Å². The van der Waals surface area contributed by atoms with Gasteiger partial charge in [0.2, 0.25) is 0 Å². The molecule has 0 fully saturated rings. The summed E-state index contributed by atoms with van der Waals surface area (Å²) in [5.74, 6) is -2.05. The molecule has 0 aliphatic rings. The van der Waals surface area contributed by atoms with Crippen molar-refractivity contribution in [1.29, 1.82) is 0 Å². The van der Waals surface area contributed by atoms with E-state index in [2.05, 4.69) is 5.32 Å². The summed E-state index contributed by atoms with van der Waals surface area (Å²) in [5, 5.41) is 2.51. The number of amides is 1. The molecule has 3 N–H and O–H groups in total. The molecule has 0 aliphatic heterocycles. The number of hydrogen-bond acceptors (Lipinski definition) is 3. The van der Waals surface area contributed by atoms with E-state index in [1.807, 2.05) is 6.26 Å². The van der Waals surface area contributed by atoms with Crippen molar-refractivity contribution in [2.45, 2.75) is 13.0 Å². The molecule has 6 heteroatoms. The summed E-state index contributed by atoms with van der Waals surface area (Å²) in [5.41, 5.74) is 4.42. The summed E-state index contributed by atoms with van der Waals surface area (Å²) in [6.07, 6.45) is 1.88. The van der Waals surface area contributed by atoms with Gasteiger partial charge in [-0.3, -0.25) is 4.79 Å². The minimum absolute atomic E-state index is 0.169. The molecule has 1 amide bonds. The quantitative estimate of drug-likeness (QED) is 0.814. The van der Waals surface area contributed by atoms with Gasteiger partial charge >= 0.3 is 0 Å².